The summed E-state index contributed by atoms with van der Waals surface area (Å²) < 4.78 is 86.8. The van der Waals surface area contributed by atoms with Crippen LogP contribution in [0.4, 0.5) is 30.7 Å². The Balaban J connectivity index is 4.70. The molecule has 0 amide bonds. The molecule has 0 saturated heterocycles. The maximum Gasteiger partial charge on any atom is 0.453 e. The number of carbonyl (C=O) groups excluding carboxylic acids is 1. The molecule has 0 atom stereocenters. The molecule has 0 aliphatic carbocycles. The van der Waals surface area contributed by atoms with Crippen LogP contribution in [0, 0.1) is 0 Å². The minimum Gasteiger partial charge on any atom is -0.397 e. The van der Waals surface area contributed by atoms with Gasteiger partial charge in [0.25, 0.3) is 0 Å². The van der Waals surface area contributed by atoms with Crippen LogP contribution in [0.25, 0.3) is 0 Å². The maximum atomic E-state index is 12.4. The molecule has 0 heterocycles. The minimum atomic E-state index is -6.14. The van der Waals surface area contributed by atoms with E-state index in [1.54, 1.807) is 0 Å². The monoisotopic (exact) mass is 254 g/mol. The fourth-order valence-corrected chi connectivity index (χ4v) is 0.584. The van der Waals surface area contributed by atoms with Crippen molar-refractivity contribution < 1.29 is 40.3 Å². The molecule has 0 saturated carbocycles. The summed E-state index contributed by atoms with van der Waals surface area (Å²) in [6, 6.07) is 0. The Hall–Kier alpha value is -1.28. The average molecular weight is 254 g/mol. The fourth-order valence-electron chi connectivity index (χ4n) is 0.584. The van der Waals surface area contributed by atoms with E-state index in [0.29, 0.717) is 0 Å². The van der Waals surface area contributed by atoms with Crippen molar-refractivity contribution in [1.82, 2.24) is 0 Å². The van der Waals surface area contributed by atoms with Crippen LogP contribution < -0.4 is 0 Å². The molecule has 0 bridgehead atoms. The van der Waals surface area contributed by atoms with Crippen molar-refractivity contribution in [2.24, 2.45) is 0 Å². The molecule has 0 aliphatic heterocycles. The van der Waals surface area contributed by atoms with E-state index in [0.717, 1.165) is 0 Å². The van der Waals surface area contributed by atoms with Gasteiger partial charge in [0, 0.05) is 6.08 Å². The molecule has 0 fully saturated rings. The zero-order valence-corrected chi connectivity index (χ0v) is 7.45. The van der Waals surface area contributed by atoms with Crippen LogP contribution in [0.1, 0.15) is 6.42 Å². The van der Waals surface area contributed by atoms with E-state index in [-0.39, 0.29) is 6.08 Å². The van der Waals surface area contributed by atoms with Gasteiger partial charge in [-0.3, -0.25) is 0 Å². The molecule has 9 heteroatoms. The van der Waals surface area contributed by atoms with Gasteiger partial charge in [-0.1, -0.05) is 6.58 Å². The maximum absolute atomic E-state index is 12.4. The molecule has 0 aromatic carbocycles. The third kappa shape index (κ3) is 4.07. The molecule has 0 radical (unpaired) electrons. The molecule has 0 N–H and O–H groups in total. The highest BCUT2D eigenvalue weighted by Crippen LogP contribution is 2.42. The number of hydrogen-bond donors (Lipinski definition) is 0. The first-order chi connectivity index (χ1) is 6.91. The van der Waals surface area contributed by atoms with Crippen molar-refractivity contribution in [3.8, 4) is 0 Å². The third-order valence-corrected chi connectivity index (χ3v) is 1.26. The van der Waals surface area contributed by atoms with E-state index in [1.807, 2.05) is 0 Å². The third-order valence-electron chi connectivity index (χ3n) is 1.26. The van der Waals surface area contributed by atoms with Gasteiger partial charge in [0.2, 0.25) is 0 Å². The molecule has 16 heavy (non-hydrogen) atoms. The van der Waals surface area contributed by atoms with Crippen molar-refractivity contribution in [3.05, 3.63) is 12.7 Å². The largest absolute Gasteiger partial charge is 0.453 e. The molecule has 0 aromatic rings. The second-order valence-electron chi connectivity index (χ2n) is 2.64. The quantitative estimate of drug-likeness (QED) is 0.438. The van der Waals surface area contributed by atoms with Crippen molar-refractivity contribution in [2.75, 3.05) is 0 Å². The van der Waals surface area contributed by atoms with E-state index in [2.05, 4.69) is 11.3 Å². The molecule has 0 aliphatic rings. The van der Waals surface area contributed by atoms with Crippen molar-refractivity contribution in [1.29, 1.82) is 0 Å². The first-order valence-corrected chi connectivity index (χ1v) is 3.59. The van der Waals surface area contributed by atoms with Crippen LogP contribution >= 0.6 is 0 Å². The van der Waals surface area contributed by atoms with Crippen molar-refractivity contribution in [3.63, 3.8) is 0 Å². The summed E-state index contributed by atoms with van der Waals surface area (Å²) in [7, 11) is 0. The summed E-state index contributed by atoms with van der Waals surface area (Å²) in [5, 5.41) is 0. The van der Waals surface area contributed by atoms with E-state index in [4.69, 9.17) is 0 Å². The van der Waals surface area contributed by atoms with Crippen LogP contribution in [-0.4, -0.2) is 24.2 Å². The Morgan fingerprint density at radius 1 is 1.12 bits per heavy atom. The highest BCUT2D eigenvalue weighted by atomic mass is 19.4. The lowest BCUT2D eigenvalue weighted by Crippen LogP contribution is -2.43. The zero-order valence-electron chi connectivity index (χ0n) is 7.45. The topological polar surface area (TPSA) is 26.3 Å². The smallest absolute Gasteiger partial charge is 0.397 e. The number of esters is 1. The molecule has 0 rings (SSSR count). The lowest BCUT2D eigenvalue weighted by atomic mass is 10.2. The van der Waals surface area contributed by atoms with Crippen molar-refractivity contribution >= 4 is 5.97 Å². The van der Waals surface area contributed by atoms with Crippen LogP contribution in [0.3, 0.4) is 0 Å². The van der Waals surface area contributed by atoms with E-state index in [9.17, 15) is 35.5 Å². The second kappa shape index (κ2) is 4.30. The minimum absolute atomic E-state index is 0.208. The molecule has 94 valence electrons. The number of hydrogen-bond acceptors (Lipinski definition) is 2. The molecule has 0 aromatic heterocycles. The first kappa shape index (κ1) is 14.7. The zero-order chi connectivity index (χ0) is 13.2. The van der Waals surface area contributed by atoms with Crippen LogP contribution in [0.15, 0.2) is 12.7 Å². The highest BCUT2D eigenvalue weighted by Gasteiger charge is 2.62. The molecular weight excluding hydrogens is 249 g/mol. The first-order valence-electron chi connectivity index (χ1n) is 3.59. The van der Waals surface area contributed by atoms with Crippen LogP contribution in [-0.2, 0) is 9.53 Å². The van der Waals surface area contributed by atoms with Gasteiger partial charge in [-0.05, 0) is 0 Å². The number of carbonyl (C=O) groups is 1. The summed E-state index contributed by atoms with van der Waals surface area (Å²) in [5.41, 5.74) is 0. The lowest BCUT2D eigenvalue weighted by Gasteiger charge is -2.23. The number of rotatable bonds is 4. The second-order valence-corrected chi connectivity index (χ2v) is 2.64. The van der Waals surface area contributed by atoms with Gasteiger partial charge >= 0.3 is 24.2 Å². The van der Waals surface area contributed by atoms with E-state index >= 15 is 0 Å². The number of halogens is 7. The van der Waals surface area contributed by atoms with Gasteiger partial charge in [-0.2, -0.15) is 30.7 Å². The predicted molar refractivity (Wildman–Crippen MR) is 36.9 cm³/mol. The van der Waals surface area contributed by atoms with Crippen LogP contribution in [0.5, 0.6) is 0 Å². The Morgan fingerprint density at radius 3 is 1.88 bits per heavy atom. The normalized spacial score (nSPS) is 13.4. The SMILES string of the molecule is C=CC(=O)OC(F)(F)CC(F)(F)C(F)(F)F. The lowest BCUT2D eigenvalue weighted by molar-refractivity contribution is -0.328. The Kier molecular flexibility index (Phi) is 3.96. The Labute approximate surface area is 84.7 Å². The van der Waals surface area contributed by atoms with Gasteiger partial charge in [0.15, 0.2) is 0 Å². The summed E-state index contributed by atoms with van der Waals surface area (Å²) in [4.78, 5) is 10.2. The van der Waals surface area contributed by atoms with Gasteiger partial charge in [-0.15, -0.1) is 0 Å². The standard InChI is InChI=1S/C7H5F7O2/c1-2-4(15)16-6(10,11)3-5(8,9)7(12,13)14/h2H,1,3H2. The summed E-state index contributed by atoms with van der Waals surface area (Å²) in [6.07, 6.45) is -13.8. The molecule has 2 nitrogen and oxygen atoms in total. The van der Waals surface area contributed by atoms with E-state index < -0.39 is 30.6 Å². The summed E-state index contributed by atoms with van der Waals surface area (Å²) in [6.45, 7) is 2.67. The Morgan fingerprint density at radius 2 is 1.56 bits per heavy atom. The van der Waals surface area contributed by atoms with Gasteiger partial charge in [0.05, 0.1) is 0 Å². The summed E-state index contributed by atoms with van der Waals surface area (Å²) >= 11 is 0. The van der Waals surface area contributed by atoms with Crippen LogP contribution in [0.2, 0.25) is 0 Å². The van der Waals surface area contributed by atoms with Gasteiger partial charge in [-0.25, -0.2) is 4.79 Å². The van der Waals surface area contributed by atoms with E-state index in [1.165, 1.54) is 0 Å². The molecule has 0 unspecified atom stereocenters. The highest BCUT2D eigenvalue weighted by molar-refractivity contribution is 5.81. The average Bonchev–Trinajstić information content (AvgIpc) is 1.98. The van der Waals surface area contributed by atoms with Gasteiger partial charge in [0.1, 0.15) is 6.42 Å². The summed E-state index contributed by atoms with van der Waals surface area (Å²) in [5.74, 6) is -7.46. The molecule has 0 spiro atoms. The van der Waals surface area contributed by atoms with Crippen molar-refractivity contribution in [2.45, 2.75) is 24.6 Å². The number of alkyl halides is 7. The van der Waals surface area contributed by atoms with Gasteiger partial charge < -0.3 is 4.74 Å². The molecular formula is C7H5F7O2. The Bertz CT molecular complexity index is 281. The fraction of sp³-hybridized carbons (Fsp3) is 0.571. The predicted octanol–water partition coefficient (Wildman–Crippen LogP) is 2.90. The number of ether oxygens (including phenoxy) is 1.